The van der Waals surface area contributed by atoms with Gasteiger partial charge in [-0.05, 0) is 26.2 Å². The molecule has 2 heteroatoms. The molecule has 0 saturated heterocycles. The lowest BCUT2D eigenvalue weighted by Gasteiger charge is -2.18. The molecular formula is C9H14O2. The van der Waals surface area contributed by atoms with Crippen molar-refractivity contribution in [2.45, 2.75) is 32.6 Å². The second kappa shape index (κ2) is 3.07. The molecule has 11 heavy (non-hydrogen) atoms. The minimum atomic E-state index is -0.698. The Morgan fingerprint density at radius 1 is 1.55 bits per heavy atom. The largest absolute Gasteiger partial charge is 0.481 e. The number of carboxylic acid groups (broad SMARTS) is 1. The number of aliphatic carboxylic acids is 1. The van der Waals surface area contributed by atoms with Gasteiger partial charge in [0.05, 0.1) is 5.41 Å². The van der Waals surface area contributed by atoms with Crippen LogP contribution in [0.2, 0.25) is 0 Å². The molecule has 0 aromatic heterocycles. The van der Waals surface area contributed by atoms with Crippen LogP contribution in [0.15, 0.2) is 12.2 Å². The van der Waals surface area contributed by atoms with E-state index in [1.54, 1.807) is 6.92 Å². The molecule has 0 spiro atoms. The minimum Gasteiger partial charge on any atom is -0.481 e. The number of allylic oxidation sites excluding steroid dienone is 1. The van der Waals surface area contributed by atoms with Gasteiger partial charge in [-0.25, -0.2) is 0 Å². The number of hydrogen-bond donors (Lipinski definition) is 1. The normalized spacial score (nSPS) is 31.4. The summed E-state index contributed by atoms with van der Waals surface area (Å²) in [6, 6.07) is 0. The molecule has 0 aliphatic heterocycles. The highest BCUT2D eigenvalue weighted by Crippen LogP contribution is 2.29. The molecule has 0 aromatic carbocycles. The van der Waals surface area contributed by atoms with Crippen molar-refractivity contribution in [2.24, 2.45) is 5.41 Å². The number of rotatable bonds is 1. The average molecular weight is 154 g/mol. The van der Waals surface area contributed by atoms with E-state index in [4.69, 9.17) is 5.11 Å². The Bertz CT molecular complexity index is 184. The van der Waals surface area contributed by atoms with Gasteiger partial charge >= 0.3 is 5.97 Å². The third-order valence-electron chi connectivity index (χ3n) is 2.29. The summed E-state index contributed by atoms with van der Waals surface area (Å²) in [6.07, 6.45) is 7.78. The Balaban J connectivity index is 2.73. The van der Waals surface area contributed by atoms with Gasteiger partial charge in [0.2, 0.25) is 0 Å². The SMILES string of the molecule is CC1(C(=O)O)C=CCCCC1. The van der Waals surface area contributed by atoms with Crippen molar-refractivity contribution >= 4 is 5.97 Å². The quantitative estimate of drug-likeness (QED) is 0.588. The zero-order valence-electron chi connectivity index (χ0n) is 6.84. The number of carbonyl (C=O) groups is 1. The Hall–Kier alpha value is -0.790. The molecule has 0 radical (unpaired) electrons. The van der Waals surface area contributed by atoms with Crippen molar-refractivity contribution in [2.75, 3.05) is 0 Å². The molecule has 1 atom stereocenters. The number of carboxylic acids is 1. The smallest absolute Gasteiger partial charge is 0.313 e. The molecule has 2 nitrogen and oxygen atoms in total. The van der Waals surface area contributed by atoms with Crippen LogP contribution in [0.25, 0.3) is 0 Å². The molecule has 0 saturated carbocycles. The summed E-state index contributed by atoms with van der Waals surface area (Å²) in [5.41, 5.74) is -0.601. The van der Waals surface area contributed by atoms with E-state index in [2.05, 4.69) is 0 Å². The molecule has 0 heterocycles. The molecule has 1 N–H and O–H groups in total. The Kier molecular flexibility index (Phi) is 2.32. The second-order valence-electron chi connectivity index (χ2n) is 3.37. The third kappa shape index (κ3) is 1.82. The molecule has 0 fully saturated rings. The molecule has 0 aromatic rings. The summed E-state index contributed by atoms with van der Waals surface area (Å²) >= 11 is 0. The minimum absolute atomic E-state index is 0.601. The van der Waals surface area contributed by atoms with Gasteiger partial charge < -0.3 is 5.11 Å². The summed E-state index contributed by atoms with van der Waals surface area (Å²) in [5, 5.41) is 8.87. The van der Waals surface area contributed by atoms with Gasteiger partial charge in [-0.15, -0.1) is 0 Å². The van der Waals surface area contributed by atoms with Crippen LogP contribution >= 0.6 is 0 Å². The maximum Gasteiger partial charge on any atom is 0.313 e. The maximum absolute atomic E-state index is 10.8. The second-order valence-corrected chi connectivity index (χ2v) is 3.37. The van der Waals surface area contributed by atoms with Gasteiger partial charge in [-0.2, -0.15) is 0 Å². The summed E-state index contributed by atoms with van der Waals surface area (Å²) in [6.45, 7) is 1.79. The molecule has 1 unspecified atom stereocenters. The van der Waals surface area contributed by atoms with E-state index in [0.717, 1.165) is 25.7 Å². The summed E-state index contributed by atoms with van der Waals surface area (Å²) in [5.74, 6) is -0.698. The first-order chi connectivity index (χ1) is 5.15. The van der Waals surface area contributed by atoms with Gasteiger partial charge in [-0.3, -0.25) is 4.79 Å². The Morgan fingerprint density at radius 3 is 2.91 bits per heavy atom. The molecular weight excluding hydrogens is 140 g/mol. The van der Waals surface area contributed by atoms with Gasteiger partial charge in [-0.1, -0.05) is 18.6 Å². The zero-order valence-corrected chi connectivity index (χ0v) is 6.84. The van der Waals surface area contributed by atoms with Gasteiger partial charge in [0.15, 0.2) is 0 Å². The van der Waals surface area contributed by atoms with Crippen LogP contribution in [-0.2, 0) is 4.79 Å². The first-order valence-electron chi connectivity index (χ1n) is 4.06. The van der Waals surface area contributed by atoms with E-state index in [-0.39, 0.29) is 0 Å². The van der Waals surface area contributed by atoms with E-state index in [1.165, 1.54) is 0 Å². The van der Waals surface area contributed by atoms with Crippen LogP contribution < -0.4 is 0 Å². The van der Waals surface area contributed by atoms with Crippen LogP contribution in [0.4, 0.5) is 0 Å². The summed E-state index contributed by atoms with van der Waals surface area (Å²) in [4.78, 5) is 10.8. The van der Waals surface area contributed by atoms with Crippen LogP contribution in [0.3, 0.4) is 0 Å². The van der Waals surface area contributed by atoms with Crippen LogP contribution in [-0.4, -0.2) is 11.1 Å². The molecule has 1 rings (SSSR count). The molecule has 1 aliphatic carbocycles. The average Bonchev–Trinajstić information content (AvgIpc) is 2.15. The zero-order chi connectivity index (χ0) is 8.32. The lowest BCUT2D eigenvalue weighted by molar-refractivity contribution is -0.145. The fourth-order valence-electron chi connectivity index (χ4n) is 1.36. The highest BCUT2D eigenvalue weighted by molar-refractivity contribution is 5.76. The van der Waals surface area contributed by atoms with Crippen LogP contribution in [0.5, 0.6) is 0 Å². The first kappa shape index (κ1) is 8.31. The van der Waals surface area contributed by atoms with Gasteiger partial charge in [0.1, 0.15) is 0 Å². The molecule has 62 valence electrons. The van der Waals surface area contributed by atoms with E-state index >= 15 is 0 Å². The van der Waals surface area contributed by atoms with E-state index in [0.29, 0.717) is 0 Å². The van der Waals surface area contributed by atoms with Gasteiger partial charge in [0.25, 0.3) is 0 Å². The van der Waals surface area contributed by atoms with E-state index in [9.17, 15) is 4.79 Å². The van der Waals surface area contributed by atoms with Crippen molar-refractivity contribution < 1.29 is 9.90 Å². The molecule has 1 aliphatic rings. The highest BCUT2D eigenvalue weighted by Gasteiger charge is 2.29. The van der Waals surface area contributed by atoms with E-state index in [1.807, 2.05) is 12.2 Å². The predicted octanol–water partition coefficient (Wildman–Crippen LogP) is 2.21. The van der Waals surface area contributed by atoms with Gasteiger partial charge in [0, 0.05) is 0 Å². The van der Waals surface area contributed by atoms with E-state index < -0.39 is 11.4 Å². The molecule has 0 bridgehead atoms. The lowest BCUT2D eigenvalue weighted by atomic mass is 9.86. The standard InChI is InChI=1S/C9H14O2/c1-9(8(10)11)6-4-2-3-5-7-9/h4,6H,2-3,5,7H2,1H3,(H,10,11). The van der Waals surface area contributed by atoms with Crippen molar-refractivity contribution in [3.05, 3.63) is 12.2 Å². The van der Waals surface area contributed by atoms with Crippen LogP contribution in [0, 0.1) is 5.41 Å². The van der Waals surface area contributed by atoms with Crippen molar-refractivity contribution in [3.63, 3.8) is 0 Å². The van der Waals surface area contributed by atoms with Crippen LogP contribution in [0.1, 0.15) is 32.6 Å². The number of hydrogen-bond acceptors (Lipinski definition) is 1. The van der Waals surface area contributed by atoms with Crippen molar-refractivity contribution in [1.82, 2.24) is 0 Å². The van der Waals surface area contributed by atoms with Crippen molar-refractivity contribution in [3.8, 4) is 0 Å². The monoisotopic (exact) mass is 154 g/mol. The third-order valence-corrected chi connectivity index (χ3v) is 2.29. The Morgan fingerprint density at radius 2 is 2.27 bits per heavy atom. The first-order valence-corrected chi connectivity index (χ1v) is 4.06. The van der Waals surface area contributed by atoms with Crippen molar-refractivity contribution in [1.29, 1.82) is 0 Å². The lowest BCUT2D eigenvalue weighted by Crippen LogP contribution is -2.24. The predicted molar refractivity (Wildman–Crippen MR) is 43.4 cm³/mol. The summed E-state index contributed by atoms with van der Waals surface area (Å²) in [7, 11) is 0. The maximum atomic E-state index is 10.8. The Labute approximate surface area is 66.9 Å². The topological polar surface area (TPSA) is 37.3 Å². The fraction of sp³-hybridized carbons (Fsp3) is 0.667. The molecule has 0 amide bonds. The fourth-order valence-corrected chi connectivity index (χ4v) is 1.36. The highest BCUT2D eigenvalue weighted by atomic mass is 16.4. The summed E-state index contributed by atoms with van der Waals surface area (Å²) < 4.78 is 0.